The molecule has 112 valence electrons. The van der Waals surface area contributed by atoms with Crippen LogP contribution >= 0.6 is 0 Å². The van der Waals surface area contributed by atoms with Gasteiger partial charge in [0.2, 0.25) is 0 Å². The summed E-state index contributed by atoms with van der Waals surface area (Å²) in [6, 6.07) is 14.9. The van der Waals surface area contributed by atoms with Gasteiger partial charge in [0.25, 0.3) is 0 Å². The van der Waals surface area contributed by atoms with Gasteiger partial charge in [-0.1, -0.05) is 48.0 Å². The number of amides is 2. The first-order valence-electron chi connectivity index (χ1n) is 6.83. The standard InChI is InChI=1S/C17H17N3O2/c1-12-7-9-14(10-8-12)11-18-20-17(22)16(21)19-15-6-4-3-5-13(15)2/h3-11H,1-2H3,(H,19,21)(H,20,22)/b18-11-. The van der Waals surface area contributed by atoms with E-state index >= 15 is 0 Å². The molecule has 22 heavy (non-hydrogen) atoms. The second kappa shape index (κ2) is 7.17. The maximum atomic E-state index is 11.8. The molecule has 0 bridgehead atoms. The van der Waals surface area contributed by atoms with Crippen LogP contribution in [0, 0.1) is 13.8 Å². The molecule has 0 saturated carbocycles. The molecule has 0 aliphatic carbocycles. The fraction of sp³-hybridized carbons (Fsp3) is 0.118. The van der Waals surface area contributed by atoms with Gasteiger partial charge in [-0.05, 0) is 31.0 Å². The van der Waals surface area contributed by atoms with Gasteiger partial charge in [-0.25, -0.2) is 5.43 Å². The summed E-state index contributed by atoms with van der Waals surface area (Å²) in [4.78, 5) is 23.4. The minimum Gasteiger partial charge on any atom is -0.317 e. The molecule has 2 aromatic rings. The molecule has 0 aliphatic heterocycles. The van der Waals surface area contributed by atoms with Gasteiger partial charge in [0.05, 0.1) is 6.21 Å². The van der Waals surface area contributed by atoms with Crippen molar-refractivity contribution < 1.29 is 9.59 Å². The first-order chi connectivity index (χ1) is 10.6. The Bertz CT molecular complexity index is 706. The topological polar surface area (TPSA) is 70.6 Å². The Balaban J connectivity index is 1.90. The van der Waals surface area contributed by atoms with Crippen molar-refractivity contribution >= 4 is 23.7 Å². The summed E-state index contributed by atoms with van der Waals surface area (Å²) in [5.41, 5.74) is 5.66. The van der Waals surface area contributed by atoms with Crippen molar-refractivity contribution in [1.82, 2.24) is 5.43 Å². The van der Waals surface area contributed by atoms with E-state index in [0.29, 0.717) is 5.69 Å². The summed E-state index contributed by atoms with van der Waals surface area (Å²) in [7, 11) is 0. The van der Waals surface area contributed by atoms with Crippen LogP contribution < -0.4 is 10.7 Å². The Kier molecular flexibility index (Phi) is 5.03. The van der Waals surface area contributed by atoms with E-state index in [0.717, 1.165) is 16.7 Å². The molecule has 5 heteroatoms. The van der Waals surface area contributed by atoms with E-state index < -0.39 is 11.8 Å². The first-order valence-corrected chi connectivity index (χ1v) is 6.83. The van der Waals surface area contributed by atoms with Crippen molar-refractivity contribution in [2.24, 2.45) is 5.10 Å². The quantitative estimate of drug-likeness (QED) is 0.518. The minimum atomic E-state index is -0.813. The van der Waals surface area contributed by atoms with E-state index in [9.17, 15) is 9.59 Å². The van der Waals surface area contributed by atoms with Crippen LogP contribution in [-0.4, -0.2) is 18.0 Å². The van der Waals surface area contributed by atoms with Gasteiger partial charge in [-0.15, -0.1) is 0 Å². The van der Waals surface area contributed by atoms with Crippen LogP contribution in [0.15, 0.2) is 53.6 Å². The zero-order valence-corrected chi connectivity index (χ0v) is 12.5. The molecule has 0 unspecified atom stereocenters. The van der Waals surface area contributed by atoms with E-state index in [4.69, 9.17) is 0 Å². The molecule has 2 aromatic carbocycles. The monoisotopic (exact) mass is 295 g/mol. The van der Waals surface area contributed by atoms with Crippen molar-refractivity contribution in [3.05, 3.63) is 65.2 Å². The first kappa shape index (κ1) is 15.4. The summed E-state index contributed by atoms with van der Waals surface area (Å²) >= 11 is 0. The van der Waals surface area contributed by atoms with Crippen LogP contribution in [0.5, 0.6) is 0 Å². The fourth-order valence-corrected chi connectivity index (χ4v) is 1.76. The highest BCUT2D eigenvalue weighted by atomic mass is 16.2. The van der Waals surface area contributed by atoms with E-state index in [1.165, 1.54) is 6.21 Å². The lowest BCUT2D eigenvalue weighted by Gasteiger charge is -2.06. The Morgan fingerprint density at radius 2 is 1.64 bits per heavy atom. The predicted octanol–water partition coefficient (Wildman–Crippen LogP) is 2.39. The number of nitrogens with one attached hydrogen (secondary N) is 2. The third-order valence-corrected chi connectivity index (χ3v) is 3.06. The Morgan fingerprint density at radius 3 is 2.32 bits per heavy atom. The summed E-state index contributed by atoms with van der Waals surface area (Å²) < 4.78 is 0. The van der Waals surface area contributed by atoms with Gasteiger partial charge in [-0.2, -0.15) is 5.10 Å². The summed E-state index contributed by atoms with van der Waals surface area (Å²) in [6.45, 7) is 3.83. The Labute approximate surface area is 129 Å². The molecule has 0 fully saturated rings. The van der Waals surface area contributed by atoms with Gasteiger partial charge < -0.3 is 5.32 Å². The van der Waals surface area contributed by atoms with E-state index in [1.807, 2.05) is 50.2 Å². The predicted molar refractivity (Wildman–Crippen MR) is 86.7 cm³/mol. The summed E-state index contributed by atoms with van der Waals surface area (Å²) in [5.74, 6) is -1.57. The van der Waals surface area contributed by atoms with Crippen molar-refractivity contribution in [1.29, 1.82) is 0 Å². The highest BCUT2D eigenvalue weighted by molar-refractivity contribution is 6.39. The van der Waals surface area contributed by atoms with Crippen LogP contribution in [0.3, 0.4) is 0 Å². The van der Waals surface area contributed by atoms with E-state index in [2.05, 4.69) is 15.8 Å². The maximum absolute atomic E-state index is 11.8. The molecule has 2 N–H and O–H groups in total. The van der Waals surface area contributed by atoms with Crippen LogP contribution in [0.1, 0.15) is 16.7 Å². The van der Waals surface area contributed by atoms with Gasteiger partial charge in [0, 0.05) is 5.69 Å². The van der Waals surface area contributed by atoms with Crippen LogP contribution in [0.25, 0.3) is 0 Å². The molecule has 0 heterocycles. The Hall–Kier alpha value is -2.95. The van der Waals surface area contributed by atoms with E-state index in [1.54, 1.807) is 12.1 Å². The average molecular weight is 295 g/mol. The molecule has 0 saturated heterocycles. The SMILES string of the molecule is Cc1ccc(/C=N\NC(=O)C(=O)Nc2ccccc2C)cc1. The zero-order chi connectivity index (χ0) is 15.9. The van der Waals surface area contributed by atoms with Gasteiger partial charge in [0.1, 0.15) is 0 Å². The van der Waals surface area contributed by atoms with Crippen molar-refractivity contribution in [2.75, 3.05) is 5.32 Å². The third kappa shape index (κ3) is 4.28. The third-order valence-electron chi connectivity index (χ3n) is 3.06. The number of hydrogen-bond acceptors (Lipinski definition) is 3. The average Bonchev–Trinajstić information content (AvgIpc) is 2.51. The number of para-hydroxylation sites is 1. The molecule has 0 spiro atoms. The van der Waals surface area contributed by atoms with Crippen LogP contribution in [-0.2, 0) is 9.59 Å². The Morgan fingerprint density at radius 1 is 0.955 bits per heavy atom. The number of hydrazone groups is 1. The van der Waals surface area contributed by atoms with Gasteiger partial charge >= 0.3 is 11.8 Å². The second-order valence-corrected chi connectivity index (χ2v) is 4.88. The molecular formula is C17H17N3O2. The minimum absolute atomic E-state index is 0.602. The fourth-order valence-electron chi connectivity index (χ4n) is 1.76. The van der Waals surface area contributed by atoms with Crippen LogP contribution in [0.4, 0.5) is 5.69 Å². The number of aryl methyl sites for hydroxylation is 2. The maximum Gasteiger partial charge on any atom is 0.329 e. The van der Waals surface area contributed by atoms with Crippen molar-refractivity contribution in [2.45, 2.75) is 13.8 Å². The summed E-state index contributed by atoms with van der Waals surface area (Å²) in [5, 5.41) is 6.31. The number of anilines is 1. The molecule has 0 radical (unpaired) electrons. The lowest BCUT2D eigenvalue weighted by Crippen LogP contribution is -2.32. The number of rotatable bonds is 3. The number of nitrogens with zero attached hydrogens (tertiary/aromatic N) is 1. The van der Waals surface area contributed by atoms with E-state index in [-0.39, 0.29) is 0 Å². The van der Waals surface area contributed by atoms with Crippen LogP contribution in [0.2, 0.25) is 0 Å². The largest absolute Gasteiger partial charge is 0.329 e. The lowest BCUT2D eigenvalue weighted by molar-refractivity contribution is -0.136. The number of benzene rings is 2. The highest BCUT2D eigenvalue weighted by Gasteiger charge is 2.13. The zero-order valence-electron chi connectivity index (χ0n) is 12.5. The molecular weight excluding hydrogens is 278 g/mol. The van der Waals surface area contributed by atoms with Crippen molar-refractivity contribution in [3.8, 4) is 0 Å². The molecule has 0 aromatic heterocycles. The number of carbonyl (C=O) groups excluding carboxylic acids is 2. The summed E-state index contributed by atoms with van der Waals surface area (Å²) in [6.07, 6.45) is 1.48. The smallest absolute Gasteiger partial charge is 0.317 e. The highest BCUT2D eigenvalue weighted by Crippen LogP contribution is 2.12. The second-order valence-electron chi connectivity index (χ2n) is 4.88. The molecule has 5 nitrogen and oxygen atoms in total. The molecule has 0 atom stereocenters. The van der Waals surface area contributed by atoms with Gasteiger partial charge in [-0.3, -0.25) is 9.59 Å². The van der Waals surface area contributed by atoms with Gasteiger partial charge in [0.15, 0.2) is 0 Å². The normalized spacial score (nSPS) is 10.5. The molecule has 2 amide bonds. The number of hydrogen-bond donors (Lipinski definition) is 2. The molecule has 2 rings (SSSR count). The molecule has 0 aliphatic rings. The lowest BCUT2D eigenvalue weighted by atomic mass is 10.2. The van der Waals surface area contributed by atoms with Crippen molar-refractivity contribution in [3.63, 3.8) is 0 Å². The number of carbonyl (C=O) groups is 2.